The Morgan fingerprint density at radius 2 is 2.00 bits per heavy atom. The average molecular weight is 403 g/mol. The Hall–Kier alpha value is -3.51. The monoisotopic (exact) mass is 403 g/mol. The highest BCUT2D eigenvalue weighted by Gasteiger charge is 2.19. The smallest absolute Gasteiger partial charge is 0.257 e. The van der Waals surface area contributed by atoms with Gasteiger partial charge in [0.05, 0.1) is 12.1 Å². The number of quaternary nitrogens is 1. The number of nitrogens with zero attached hydrogens (tertiary/aromatic N) is 1. The van der Waals surface area contributed by atoms with Crippen molar-refractivity contribution in [2.24, 2.45) is 11.8 Å². The van der Waals surface area contributed by atoms with E-state index in [1.165, 1.54) is 18.3 Å². The summed E-state index contributed by atoms with van der Waals surface area (Å²) >= 11 is 0. The summed E-state index contributed by atoms with van der Waals surface area (Å²) in [7, 11) is 0. The van der Waals surface area contributed by atoms with E-state index in [0.29, 0.717) is 34.0 Å². The van der Waals surface area contributed by atoms with E-state index in [4.69, 9.17) is 5.73 Å². The maximum absolute atomic E-state index is 13.6. The molecular weight excluding hydrogens is 379 g/mol. The first-order valence-corrected chi connectivity index (χ1v) is 9.91. The fraction of sp³-hybridized carbons (Fsp3) is 0.167. The summed E-state index contributed by atoms with van der Waals surface area (Å²) in [6.45, 7) is 2.93. The Bertz CT molecular complexity index is 1190. The van der Waals surface area contributed by atoms with Crippen molar-refractivity contribution >= 4 is 22.5 Å². The zero-order chi connectivity index (χ0) is 21.3. The first-order chi connectivity index (χ1) is 14.5. The number of allylic oxidation sites excluding steroid dienone is 2. The van der Waals surface area contributed by atoms with Crippen LogP contribution in [-0.2, 0) is 0 Å². The predicted octanol–water partition coefficient (Wildman–Crippen LogP) is 3.30. The third-order valence-corrected chi connectivity index (χ3v) is 5.55. The van der Waals surface area contributed by atoms with Crippen LogP contribution < -0.4 is 16.8 Å². The Morgan fingerprint density at radius 1 is 1.20 bits per heavy atom. The molecule has 0 saturated carbocycles. The van der Waals surface area contributed by atoms with Gasteiger partial charge in [-0.1, -0.05) is 43.3 Å². The summed E-state index contributed by atoms with van der Waals surface area (Å²) in [6, 6.07) is 11.9. The number of pyridine rings is 1. The van der Waals surface area contributed by atoms with E-state index in [1.807, 2.05) is 36.4 Å². The van der Waals surface area contributed by atoms with Crippen LogP contribution in [-0.4, -0.2) is 17.4 Å². The number of benzene rings is 2. The fourth-order valence-corrected chi connectivity index (χ4v) is 3.80. The van der Waals surface area contributed by atoms with Crippen molar-refractivity contribution in [3.05, 3.63) is 84.0 Å². The maximum Gasteiger partial charge on any atom is 0.257 e. The molecule has 1 aliphatic carbocycles. The molecule has 1 aliphatic rings. The van der Waals surface area contributed by atoms with Gasteiger partial charge in [0.25, 0.3) is 5.91 Å². The van der Waals surface area contributed by atoms with Crippen molar-refractivity contribution < 1.29 is 14.9 Å². The number of hydrogen-bond acceptors (Lipinski definition) is 3. The van der Waals surface area contributed by atoms with Gasteiger partial charge in [0.2, 0.25) is 0 Å². The highest BCUT2D eigenvalue weighted by atomic mass is 19.1. The number of amides is 1. The molecule has 2 atom stereocenters. The van der Waals surface area contributed by atoms with Gasteiger partial charge in [0.1, 0.15) is 11.6 Å². The van der Waals surface area contributed by atoms with Gasteiger partial charge in [-0.05, 0) is 46.7 Å². The minimum atomic E-state index is -0.309. The van der Waals surface area contributed by atoms with E-state index < -0.39 is 0 Å². The van der Waals surface area contributed by atoms with Crippen molar-refractivity contribution in [1.29, 1.82) is 0 Å². The summed E-state index contributed by atoms with van der Waals surface area (Å²) in [4.78, 5) is 17.2. The van der Waals surface area contributed by atoms with E-state index in [1.54, 1.807) is 6.07 Å². The number of fused-ring (bicyclic) bond motifs is 1. The zero-order valence-corrected chi connectivity index (χ0v) is 16.7. The van der Waals surface area contributed by atoms with Crippen LogP contribution in [0.1, 0.15) is 17.3 Å². The molecule has 4 rings (SSSR count). The van der Waals surface area contributed by atoms with Gasteiger partial charge in [-0.15, -0.1) is 0 Å². The van der Waals surface area contributed by atoms with Gasteiger partial charge in [0, 0.05) is 23.2 Å². The van der Waals surface area contributed by atoms with Crippen LogP contribution in [0.4, 0.5) is 10.2 Å². The molecule has 5 nitrogen and oxygen atoms in total. The highest BCUT2D eigenvalue weighted by molar-refractivity contribution is 6.10. The molecular formula is C24H24FN4O+. The second kappa shape index (κ2) is 8.08. The van der Waals surface area contributed by atoms with Crippen molar-refractivity contribution in [1.82, 2.24) is 10.3 Å². The summed E-state index contributed by atoms with van der Waals surface area (Å²) in [5.74, 6) is 0.449. The number of nitrogens with two attached hydrogens (primary N) is 1. The molecule has 2 unspecified atom stereocenters. The van der Waals surface area contributed by atoms with Crippen molar-refractivity contribution in [2.45, 2.75) is 6.92 Å². The Balaban J connectivity index is 1.67. The lowest BCUT2D eigenvalue weighted by Crippen LogP contribution is -2.54. The topological polar surface area (TPSA) is 95.7 Å². The molecule has 1 aromatic heterocycles. The quantitative estimate of drug-likeness (QED) is 0.624. The van der Waals surface area contributed by atoms with E-state index in [0.717, 1.165) is 23.4 Å². The van der Waals surface area contributed by atoms with Crippen LogP contribution in [0, 0.1) is 17.7 Å². The summed E-state index contributed by atoms with van der Waals surface area (Å²) in [5, 5.41) is 4.31. The van der Waals surface area contributed by atoms with Crippen molar-refractivity contribution in [3.8, 4) is 11.1 Å². The first kappa shape index (κ1) is 19.8. The van der Waals surface area contributed by atoms with Gasteiger partial charge >= 0.3 is 0 Å². The standard InChI is InChI=1S/C24H23FN4O/c1-14-9-19(7-5-17(14)12-26)29-24(30)22-13-28-23(27)21-11-16(6-8-20(21)22)15-3-2-4-18(25)10-15/h2-11,13-14,17H,12,26H2,1H3,(H2,27,28)(H,29,30)/p+1. The molecule has 0 aliphatic heterocycles. The average Bonchev–Trinajstić information content (AvgIpc) is 2.74. The second-order valence-electron chi connectivity index (χ2n) is 7.57. The second-order valence-corrected chi connectivity index (χ2v) is 7.57. The third-order valence-electron chi connectivity index (χ3n) is 5.55. The molecule has 1 heterocycles. The van der Waals surface area contributed by atoms with E-state index in [-0.39, 0.29) is 11.7 Å². The maximum atomic E-state index is 13.6. The third kappa shape index (κ3) is 3.82. The molecule has 6 heteroatoms. The number of rotatable bonds is 4. The molecule has 0 spiro atoms. The SMILES string of the molecule is CC1C=C(NC(=O)c2cnc(N)c3cc(-c4cccc(F)c4)ccc23)C=CC1C[NH3+]. The lowest BCUT2D eigenvalue weighted by Gasteiger charge is -2.20. The lowest BCUT2D eigenvalue weighted by atomic mass is 9.89. The molecule has 152 valence electrons. The van der Waals surface area contributed by atoms with Crippen LogP contribution in [0.15, 0.2) is 72.6 Å². The predicted molar refractivity (Wildman–Crippen MR) is 117 cm³/mol. The highest BCUT2D eigenvalue weighted by Crippen LogP contribution is 2.29. The summed E-state index contributed by atoms with van der Waals surface area (Å²) in [5.41, 5.74) is 12.8. The van der Waals surface area contributed by atoms with E-state index in [9.17, 15) is 9.18 Å². The number of nitrogens with one attached hydrogen (secondary N) is 1. The number of anilines is 1. The van der Waals surface area contributed by atoms with Crippen LogP contribution >= 0.6 is 0 Å². The fourth-order valence-electron chi connectivity index (χ4n) is 3.80. The molecule has 1 amide bonds. The molecule has 0 saturated heterocycles. The summed E-state index contributed by atoms with van der Waals surface area (Å²) in [6.07, 6.45) is 7.54. The molecule has 6 N–H and O–H groups in total. The number of hydrogen-bond donors (Lipinski definition) is 3. The molecule has 0 fully saturated rings. The molecule has 3 aromatic rings. The van der Waals surface area contributed by atoms with E-state index >= 15 is 0 Å². The Kier molecular flexibility index (Phi) is 5.33. The molecule has 2 aromatic carbocycles. The van der Waals surface area contributed by atoms with Gasteiger partial charge in [0.15, 0.2) is 0 Å². The Labute approximate surface area is 174 Å². The van der Waals surface area contributed by atoms with Crippen LogP contribution in [0.5, 0.6) is 0 Å². The molecule has 30 heavy (non-hydrogen) atoms. The number of carbonyl (C=O) groups excluding carboxylic acids is 1. The van der Waals surface area contributed by atoms with Gasteiger partial charge in [-0.25, -0.2) is 9.37 Å². The minimum absolute atomic E-state index is 0.248. The van der Waals surface area contributed by atoms with Gasteiger partial charge < -0.3 is 16.8 Å². The lowest BCUT2D eigenvalue weighted by molar-refractivity contribution is -0.377. The first-order valence-electron chi connectivity index (χ1n) is 9.91. The number of nitrogen functional groups attached to an aromatic ring is 1. The largest absolute Gasteiger partial charge is 0.383 e. The van der Waals surface area contributed by atoms with Crippen LogP contribution in [0.25, 0.3) is 21.9 Å². The number of carbonyl (C=O) groups is 1. The minimum Gasteiger partial charge on any atom is -0.383 e. The number of aromatic nitrogens is 1. The molecule has 0 radical (unpaired) electrons. The van der Waals surface area contributed by atoms with Gasteiger partial charge in [-0.3, -0.25) is 4.79 Å². The van der Waals surface area contributed by atoms with Crippen molar-refractivity contribution in [3.63, 3.8) is 0 Å². The normalized spacial score (nSPS) is 18.3. The van der Waals surface area contributed by atoms with E-state index in [2.05, 4.69) is 29.0 Å². The van der Waals surface area contributed by atoms with Gasteiger partial charge in [-0.2, -0.15) is 0 Å². The van der Waals surface area contributed by atoms with Crippen LogP contribution in [0.3, 0.4) is 0 Å². The Morgan fingerprint density at radius 3 is 2.73 bits per heavy atom. The van der Waals surface area contributed by atoms with Crippen molar-refractivity contribution in [2.75, 3.05) is 12.3 Å². The summed E-state index contributed by atoms with van der Waals surface area (Å²) < 4.78 is 13.6. The molecule has 0 bridgehead atoms. The van der Waals surface area contributed by atoms with Crippen LogP contribution in [0.2, 0.25) is 0 Å². The number of halogens is 1. The zero-order valence-electron chi connectivity index (χ0n) is 16.7.